The van der Waals surface area contributed by atoms with E-state index in [1.165, 1.54) is 6.07 Å². The number of hydrogen-bond acceptors (Lipinski definition) is 5. The first-order valence-corrected chi connectivity index (χ1v) is 5.38. The van der Waals surface area contributed by atoms with Crippen LogP contribution in [0.2, 0.25) is 5.02 Å². The van der Waals surface area contributed by atoms with Crippen molar-refractivity contribution in [3.8, 4) is 11.6 Å². The molecule has 0 aliphatic rings. The molecule has 0 radical (unpaired) electrons. The summed E-state index contributed by atoms with van der Waals surface area (Å²) in [5, 5.41) is 10.7. The summed E-state index contributed by atoms with van der Waals surface area (Å²) < 4.78 is 18.1. The first-order chi connectivity index (χ1) is 8.95. The number of halogens is 2. The van der Waals surface area contributed by atoms with Crippen molar-refractivity contribution in [2.24, 2.45) is 0 Å². The summed E-state index contributed by atoms with van der Waals surface area (Å²) in [6.07, 6.45) is 0. The minimum Gasteiger partial charge on any atom is -0.437 e. The maximum Gasteiger partial charge on any atom is 0.278 e. The summed E-state index contributed by atoms with van der Waals surface area (Å²) in [4.78, 5) is 13.8. The molecule has 0 aliphatic heterocycles. The van der Waals surface area contributed by atoms with E-state index in [2.05, 4.69) is 4.98 Å². The minimum atomic E-state index is -0.628. The summed E-state index contributed by atoms with van der Waals surface area (Å²) in [7, 11) is 0. The number of nitrogens with zero attached hydrogens (tertiary/aromatic N) is 2. The lowest BCUT2D eigenvalue weighted by molar-refractivity contribution is -0.384. The highest BCUT2D eigenvalue weighted by Crippen LogP contribution is 2.30. The maximum absolute atomic E-state index is 12.9. The third-order valence-electron chi connectivity index (χ3n) is 2.13. The molecule has 1 aromatic carbocycles. The van der Waals surface area contributed by atoms with Crippen molar-refractivity contribution < 1.29 is 14.1 Å². The number of nitro groups is 1. The summed E-state index contributed by atoms with van der Waals surface area (Å²) in [5.41, 5.74) is 5.16. The first kappa shape index (κ1) is 13.0. The van der Waals surface area contributed by atoms with Crippen LogP contribution in [-0.2, 0) is 0 Å². The average molecular weight is 284 g/mol. The van der Waals surface area contributed by atoms with Crippen molar-refractivity contribution in [2.45, 2.75) is 0 Å². The molecule has 2 rings (SSSR count). The van der Waals surface area contributed by atoms with Gasteiger partial charge < -0.3 is 10.5 Å². The second-order valence-corrected chi connectivity index (χ2v) is 3.93. The Hall–Kier alpha value is -2.41. The molecule has 2 aromatic rings. The van der Waals surface area contributed by atoms with Gasteiger partial charge in [0.25, 0.3) is 5.69 Å². The molecule has 19 heavy (non-hydrogen) atoms. The van der Waals surface area contributed by atoms with Crippen molar-refractivity contribution in [3.63, 3.8) is 0 Å². The molecular weight excluding hydrogens is 277 g/mol. The van der Waals surface area contributed by atoms with Crippen molar-refractivity contribution in [1.82, 2.24) is 4.98 Å². The Morgan fingerprint density at radius 2 is 2.11 bits per heavy atom. The van der Waals surface area contributed by atoms with Gasteiger partial charge in [0.2, 0.25) is 5.88 Å². The number of aromatic nitrogens is 1. The van der Waals surface area contributed by atoms with E-state index in [0.717, 1.165) is 24.3 Å². The largest absolute Gasteiger partial charge is 0.437 e. The molecule has 0 saturated heterocycles. The highest BCUT2D eigenvalue weighted by Gasteiger charge is 2.12. The summed E-state index contributed by atoms with van der Waals surface area (Å²) in [5.74, 6) is -0.568. The van der Waals surface area contributed by atoms with Gasteiger partial charge in [0.1, 0.15) is 17.4 Å². The molecule has 1 aromatic heterocycles. The molecule has 0 bridgehead atoms. The second-order valence-electron chi connectivity index (χ2n) is 3.52. The fourth-order valence-corrected chi connectivity index (χ4v) is 1.55. The molecule has 1 heterocycles. The zero-order valence-electron chi connectivity index (χ0n) is 9.34. The highest BCUT2D eigenvalue weighted by molar-refractivity contribution is 6.32. The van der Waals surface area contributed by atoms with Gasteiger partial charge in [-0.3, -0.25) is 10.1 Å². The van der Waals surface area contributed by atoms with Gasteiger partial charge in [-0.15, -0.1) is 0 Å². The van der Waals surface area contributed by atoms with E-state index in [1.54, 1.807) is 0 Å². The van der Waals surface area contributed by atoms with Crippen LogP contribution in [0.25, 0.3) is 0 Å². The minimum absolute atomic E-state index is 0.0203. The molecular formula is C11H7ClFN3O3. The van der Waals surface area contributed by atoms with Gasteiger partial charge in [-0.05, 0) is 18.2 Å². The highest BCUT2D eigenvalue weighted by atomic mass is 35.5. The van der Waals surface area contributed by atoms with E-state index in [9.17, 15) is 14.5 Å². The third kappa shape index (κ3) is 3.08. The van der Waals surface area contributed by atoms with Gasteiger partial charge in [-0.2, -0.15) is 4.98 Å². The monoisotopic (exact) mass is 283 g/mol. The number of rotatable bonds is 3. The molecule has 0 fully saturated rings. The zero-order chi connectivity index (χ0) is 14.0. The molecule has 0 unspecified atom stereocenters. The van der Waals surface area contributed by atoms with Crippen LogP contribution in [0.5, 0.6) is 11.6 Å². The van der Waals surface area contributed by atoms with Crippen LogP contribution in [-0.4, -0.2) is 9.91 Å². The normalized spacial score (nSPS) is 10.2. The van der Waals surface area contributed by atoms with E-state index >= 15 is 0 Å². The van der Waals surface area contributed by atoms with Crippen molar-refractivity contribution in [1.29, 1.82) is 0 Å². The molecule has 0 amide bonds. The fourth-order valence-electron chi connectivity index (χ4n) is 1.34. The van der Waals surface area contributed by atoms with Crippen LogP contribution < -0.4 is 10.5 Å². The summed E-state index contributed by atoms with van der Waals surface area (Å²) >= 11 is 5.76. The molecule has 2 N–H and O–H groups in total. The van der Waals surface area contributed by atoms with Gasteiger partial charge in [-0.25, -0.2) is 4.39 Å². The molecule has 0 atom stereocenters. The number of hydrogen-bond donors (Lipinski definition) is 1. The van der Waals surface area contributed by atoms with E-state index in [0.29, 0.717) is 0 Å². The molecule has 8 heteroatoms. The lowest BCUT2D eigenvalue weighted by atomic mass is 10.3. The lowest BCUT2D eigenvalue weighted by Gasteiger charge is -2.07. The van der Waals surface area contributed by atoms with Crippen LogP contribution in [0.1, 0.15) is 0 Å². The standard InChI is InChI=1S/C11H7ClFN3O3/c12-8-3-6(13)1-2-9(8)19-11-5-7(16(17)18)4-10(14)15-11/h1-5H,(H2,14,15). The van der Waals surface area contributed by atoms with E-state index in [-0.39, 0.29) is 28.2 Å². The average Bonchev–Trinajstić information content (AvgIpc) is 2.32. The SMILES string of the molecule is Nc1cc([N+](=O)[O-])cc(Oc2ccc(F)cc2Cl)n1. The van der Waals surface area contributed by atoms with Gasteiger partial charge in [-0.1, -0.05) is 11.6 Å². The number of nitrogen functional groups attached to an aromatic ring is 1. The predicted octanol–water partition coefficient (Wildman–Crippen LogP) is 3.16. The first-order valence-electron chi connectivity index (χ1n) is 5.00. The number of ether oxygens (including phenoxy) is 1. The van der Waals surface area contributed by atoms with E-state index in [1.807, 2.05) is 0 Å². The Morgan fingerprint density at radius 1 is 1.37 bits per heavy atom. The Morgan fingerprint density at radius 3 is 2.74 bits per heavy atom. The topological polar surface area (TPSA) is 91.3 Å². The number of pyridine rings is 1. The summed E-state index contributed by atoms with van der Waals surface area (Å²) in [6.45, 7) is 0. The van der Waals surface area contributed by atoms with Crippen LogP contribution >= 0.6 is 11.6 Å². The lowest BCUT2D eigenvalue weighted by Crippen LogP contribution is -1.97. The second kappa shape index (κ2) is 5.07. The van der Waals surface area contributed by atoms with Gasteiger partial charge in [0.05, 0.1) is 22.1 Å². The molecule has 6 nitrogen and oxygen atoms in total. The Kier molecular flexibility index (Phi) is 3.48. The van der Waals surface area contributed by atoms with E-state index < -0.39 is 10.7 Å². The Bertz CT molecular complexity index is 651. The Labute approximate surface area is 111 Å². The van der Waals surface area contributed by atoms with Crippen LogP contribution in [0.3, 0.4) is 0 Å². The van der Waals surface area contributed by atoms with Crippen molar-refractivity contribution in [2.75, 3.05) is 5.73 Å². The number of anilines is 1. The fraction of sp³-hybridized carbons (Fsp3) is 0. The molecule has 0 aliphatic carbocycles. The van der Waals surface area contributed by atoms with Crippen LogP contribution in [0, 0.1) is 15.9 Å². The maximum atomic E-state index is 12.9. The molecule has 0 saturated carbocycles. The predicted molar refractivity (Wildman–Crippen MR) is 66.8 cm³/mol. The zero-order valence-corrected chi connectivity index (χ0v) is 10.1. The quantitative estimate of drug-likeness (QED) is 0.690. The number of benzene rings is 1. The molecule has 0 spiro atoms. The van der Waals surface area contributed by atoms with Gasteiger partial charge in [0, 0.05) is 0 Å². The third-order valence-corrected chi connectivity index (χ3v) is 2.42. The van der Waals surface area contributed by atoms with Crippen molar-refractivity contribution >= 4 is 23.1 Å². The smallest absolute Gasteiger partial charge is 0.278 e. The van der Waals surface area contributed by atoms with Crippen LogP contribution in [0.15, 0.2) is 30.3 Å². The molecule has 98 valence electrons. The van der Waals surface area contributed by atoms with Crippen LogP contribution in [0.4, 0.5) is 15.9 Å². The van der Waals surface area contributed by atoms with Gasteiger partial charge in [0.15, 0.2) is 0 Å². The van der Waals surface area contributed by atoms with E-state index in [4.69, 9.17) is 22.1 Å². The Balaban J connectivity index is 2.35. The summed E-state index contributed by atoms with van der Waals surface area (Å²) in [6, 6.07) is 5.67. The van der Waals surface area contributed by atoms with Gasteiger partial charge >= 0.3 is 0 Å². The number of nitrogens with two attached hydrogens (primary N) is 1. The van der Waals surface area contributed by atoms with Crippen molar-refractivity contribution in [3.05, 3.63) is 51.3 Å².